The monoisotopic (exact) mass is 340 g/mol. The van der Waals surface area contributed by atoms with Gasteiger partial charge in [-0.25, -0.2) is 4.79 Å². The van der Waals surface area contributed by atoms with E-state index in [2.05, 4.69) is 0 Å². The molecule has 0 radical (unpaired) electrons. The fourth-order valence-corrected chi connectivity index (χ4v) is 2.20. The van der Waals surface area contributed by atoms with Crippen molar-refractivity contribution < 1.29 is 28.9 Å². The number of rotatable bonds is 6. The average Bonchev–Trinajstić information content (AvgIpc) is 2.85. The van der Waals surface area contributed by atoms with E-state index in [0.29, 0.717) is 13.0 Å². The first-order chi connectivity index (χ1) is 11.2. The smallest absolute Gasteiger partial charge is 0.338 e. The van der Waals surface area contributed by atoms with Crippen LogP contribution in [0.15, 0.2) is 18.2 Å². The van der Waals surface area contributed by atoms with Gasteiger partial charge in [-0.05, 0) is 13.8 Å². The Bertz CT molecular complexity index is 640. The lowest BCUT2D eigenvalue weighted by atomic mass is 10.2. The summed E-state index contributed by atoms with van der Waals surface area (Å²) in [4.78, 5) is 31.9. The summed E-state index contributed by atoms with van der Waals surface area (Å²) >= 11 is 0. The Balaban J connectivity index is 1.99. The second kappa shape index (κ2) is 6.89. The van der Waals surface area contributed by atoms with Gasteiger partial charge in [-0.1, -0.05) is 0 Å². The molecule has 0 bridgehead atoms. The topological polar surface area (TPSA) is 131 Å². The molecule has 0 aromatic heterocycles. The fraction of sp³-hybridized carbons (Fsp3) is 0.500. The second-order valence-corrected chi connectivity index (χ2v) is 5.63. The van der Waals surface area contributed by atoms with Crippen molar-refractivity contribution in [1.82, 2.24) is 0 Å². The van der Waals surface area contributed by atoms with Gasteiger partial charge in [-0.2, -0.15) is 0 Å². The summed E-state index contributed by atoms with van der Waals surface area (Å²) < 4.78 is 15.9. The molecule has 0 saturated carbocycles. The number of esters is 1. The van der Waals surface area contributed by atoms with Gasteiger partial charge in [0.1, 0.15) is 0 Å². The van der Waals surface area contributed by atoms with E-state index >= 15 is 0 Å². The number of hydrogen-bond donors (Lipinski definition) is 0. The summed E-state index contributed by atoms with van der Waals surface area (Å²) in [6, 6.07) is 2.66. The molecule has 0 spiro atoms. The molecule has 0 amide bonds. The van der Waals surface area contributed by atoms with Crippen LogP contribution in [0.1, 0.15) is 30.6 Å². The lowest BCUT2D eigenvalue weighted by molar-refractivity contribution is -0.394. The predicted molar refractivity (Wildman–Crippen MR) is 79.6 cm³/mol. The maximum Gasteiger partial charge on any atom is 0.338 e. The van der Waals surface area contributed by atoms with Crippen molar-refractivity contribution in [2.45, 2.75) is 32.2 Å². The summed E-state index contributed by atoms with van der Waals surface area (Å²) in [7, 11) is 0. The van der Waals surface area contributed by atoms with Crippen molar-refractivity contribution >= 4 is 17.3 Å². The number of non-ortho nitro benzene ring substituents is 2. The number of ether oxygens (including phenoxy) is 3. The summed E-state index contributed by atoms with van der Waals surface area (Å²) in [6.07, 6.45) is 0.152. The average molecular weight is 340 g/mol. The molecule has 1 aromatic carbocycles. The van der Waals surface area contributed by atoms with Crippen LogP contribution in [0, 0.1) is 20.2 Å². The molecule has 1 fully saturated rings. The highest BCUT2D eigenvalue weighted by Gasteiger charge is 2.32. The minimum absolute atomic E-state index is 0.000566. The summed E-state index contributed by atoms with van der Waals surface area (Å²) in [5.74, 6) is -1.56. The number of nitro groups is 2. The van der Waals surface area contributed by atoms with E-state index in [-0.39, 0.29) is 18.3 Å². The molecule has 1 aromatic rings. The van der Waals surface area contributed by atoms with Gasteiger partial charge in [0.25, 0.3) is 11.4 Å². The van der Waals surface area contributed by atoms with E-state index in [1.807, 2.05) is 0 Å². The molecule has 24 heavy (non-hydrogen) atoms. The number of carbonyl (C=O) groups excluding carboxylic acids is 1. The third-order valence-corrected chi connectivity index (χ3v) is 3.30. The van der Waals surface area contributed by atoms with Crippen molar-refractivity contribution in [3.05, 3.63) is 44.0 Å². The Morgan fingerprint density at radius 3 is 2.29 bits per heavy atom. The molecule has 130 valence electrons. The largest absolute Gasteiger partial charge is 0.462 e. The zero-order valence-corrected chi connectivity index (χ0v) is 13.1. The van der Waals surface area contributed by atoms with Crippen LogP contribution in [-0.4, -0.2) is 40.9 Å². The van der Waals surface area contributed by atoms with E-state index in [4.69, 9.17) is 14.2 Å². The van der Waals surface area contributed by atoms with Crippen LogP contribution in [0.5, 0.6) is 0 Å². The molecule has 10 heteroatoms. The molecule has 0 aliphatic carbocycles. The summed E-state index contributed by atoms with van der Waals surface area (Å²) in [5, 5.41) is 21.6. The van der Waals surface area contributed by atoms with Crippen LogP contribution < -0.4 is 0 Å². The SMILES string of the molecule is CC1(C)OC[C@@H](CCOC(=O)c2cc([N+](=O)[O-])cc([N+](=O)[O-])c2)O1. The lowest BCUT2D eigenvalue weighted by Crippen LogP contribution is -2.22. The number of carbonyl (C=O) groups is 1. The van der Waals surface area contributed by atoms with Crippen LogP contribution in [-0.2, 0) is 14.2 Å². The van der Waals surface area contributed by atoms with E-state index in [1.165, 1.54) is 0 Å². The fourth-order valence-electron chi connectivity index (χ4n) is 2.20. The number of benzene rings is 1. The van der Waals surface area contributed by atoms with E-state index in [1.54, 1.807) is 13.8 Å². The van der Waals surface area contributed by atoms with Crippen molar-refractivity contribution in [2.24, 2.45) is 0 Å². The Hall–Kier alpha value is -2.59. The molecule has 1 saturated heterocycles. The highest BCUT2D eigenvalue weighted by atomic mass is 16.7. The summed E-state index contributed by atoms with van der Waals surface area (Å²) in [5.41, 5.74) is -1.35. The third kappa shape index (κ3) is 4.46. The van der Waals surface area contributed by atoms with Gasteiger partial charge >= 0.3 is 5.97 Å². The van der Waals surface area contributed by atoms with Gasteiger partial charge in [-0.15, -0.1) is 0 Å². The van der Waals surface area contributed by atoms with Crippen LogP contribution in [0.2, 0.25) is 0 Å². The quantitative estimate of drug-likeness (QED) is 0.437. The van der Waals surface area contributed by atoms with Gasteiger partial charge in [0.2, 0.25) is 0 Å². The minimum atomic E-state index is -0.875. The molecule has 0 unspecified atom stereocenters. The molecule has 1 atom stereocenters. The van der Waals surface area contributed by atoms with Crippen molar-refractivity contribution in [3.63, 3.8) is 0 Å². The molecule has 0 N–H and O–H groups in total. The maximum absolute atomic E-state index is 12.0. The van der Waals surface area contributed by atoms with E-state index < -0.39 is 33.0 Å². The zero-order chi connectivity index (χ0) is 17.9. The first-order valence-corrected chi connectivity index (χ1v) is 7.11. The molecule has 2 rings (SSSR count). The van der Waals surface area contributed by atoms with Gasteiger partial charge in [0.15, 0.2) is 5.79 Å². The normalized spacial score (nSPS) is 19.0. The van der Waals surface area contributed by atoms with Gasteiger partial charge < -0.3 is 14.2 Å². The van der Waals surface area contributed by atoms with Gasteiger partial charge in [-0.3, -0.25) is 20.2 Å². The van der Waals surface area contributed by atoms with Crippen LogP contribution in [0.4, 0.5) is 11.4 Å². The highest BCUT2D eigenvalue weighted by molar-refractivity contribution is 5.91. The lowest BCUT2D eigenvalue weighted by Gasteiger charge is -2.16. The Morgan fingerprint density at radius 1 is 1.25 bits per heavy atom. The highest BCUT2D eigenvalue weighted by Crippen LogP contribution is 2.25. The first-order valence-electron chi connectivity index (χ1n) is 7.11. The van der Waals surface area contributed by atoms with Gasteiger partial charge in [0, 0.05) is 18.6 Å². The van der Waals surface area contributed by atoms with Crippen LogP contribution in [0.25, 0.3) is 0 Å². The van der Waals surface area contributed by atoms with Gasteiger partial charge in [0.05, 0.1) is 40.8 Å². The van der Waals surface area contributed by atoms with Crippen molar-refractivity contribution in [1.29, 1.82) is 0 Å². The van der Waals surface area contributed by atoms with Crippen molar-refractivity contribution in [3.8, 4) is 0 Å². The van der Waals surface area contributed by atoms with E-state index in [0.717, 1.165) is 18.2 Å². The van der Waals surface area contributed by atoms with E-state index in [9.17, 15) is 25.0 Å². The first kappa shape index (κ1) is 17.8. The third-order valence-electron chi connectivity index (χ3n) is 3.30. The number of nitro benzene ring substituents is 2. The zero-order valence-electron chi connectivity index (χ0n) is 13.1. The van der Waals surface area contributed by atoms with Crippen LogP contribution in [0.3, 0.4) is 0 Å². The van der Waals surface area contributed by atoms with Crippen molar-refractivity contribution in [2.75, 3.05) is 13.2 Å². The number of hydrogen-bond acceptors (Lipinski definition) is 8. The molecule has 1 heterocycles. The summed E-state index contributed by atoms with van der Waals surface area (Å²) in [6.45, 7) is 3.90. The Labute approximate surface area is 136 Å². The molecular formula is C14H16N2O8. The molecule has 1 aliphatic heterocycles. The minimum Gasteiger partial charge on any atom is -0.462 e. The second-order valence-electron chi connectivity index (χ2n) is 5.63. The number of nitrogens with zero attached hydrogens (tertiary/aromatic N) is 2. The molecule has 10 nitrogen and oxygen atoms in total. The maximum atomic E-state index is 12.0. The predicted octanol–water partition coefficient (Wildman–Crippen LogP) is 2.20. The molecule has 1 aliphatic rings. The Morgan fingerprint density at radius 2 is 1.83 bits per heavy atom. The Kier molecular flexibility index (Phi) is 5.10. The molecular weight excluding hydrogens is 324 g/mol. The standard InChI is InChI=1S/C14H16N2O8/c1-14(2)23-8-12(24-14)3-4-22-13(17)9-5-10(15(18)19)7-11(6-9)16(20)21/h5-7,12H,3-4,8H2,1-2H3/t12-/m1/s1. The van der Waals surface area contributed by atoms with Crippen LogP contribution >= 0.6 is 0 Å².